The Bertz CT molecular complexity index is 553. The number of allylic oxidation sites excluding steroid dienone is 2. The molecule has 2 atom stereocenters. The van der Waals surface area contributed by atoms with Crippen molar-refractivity contribution in [1.29, 1.82) is 0 Å². The van der Waals surface area contributed by atoms with E-state index in [2.05, 4.69) is 0 Å². The number of benzene rings is 1. The van der Waals surface area contributed by atoms with Gasteiger partial charge >= 0.3 is 5.97 Å². The van der Waals surface area contributed by atoms with E-state index in [0.29, 0.717) is 19.4 Å². The number of hydrogen-bond donors (Lipinski definition) is 1. The summed E-state index contributed by atoms with van der Waals surface area (Å²) in [6.07, 6.45) is 4.50. The van der Waals surface area contributed by atoms with Crippen LogP contribution < -0.4 is 0 Å². The van der Waals surface area contributed by atoms with Crippen molar-refractivity contribution in [3.63, 3.8) is 0 Å². The Morgan fingerprint density at radius 3 is 2.33 bits per heavy atom. The summed E-state index contributed by atoms with van der Waals surface area (Å²) in [4.78, 5) is 25.2. The highest BCUT2D eigenvalue weighted by Crippen LogP contribution is 2.27. The van der Waals surface area contributed by atoms with Gasteiger partial charge in [0.25, 0.3) is 0 Å². The lowest BCUT2D eigenvalue weighted by molar-refractivity contribution is -0.150. The zero-order chi connectivity index (χ0) is 15.4. The van der Waals surface area contributed by atoms with Crippen molar-refractivity contribution in [3.05, 3.63) is 47.8 Å². The van der Waals surface area contributed by atoms with Crippen molar-refractivity contribution >= 4 is 11.9 Å². The zero-order valence-electron chi connectivity index (χ0n) is 11.8. The lowest BCUT2D eigenvalue weighted by Crippen LogP contribution is -2.39. The van der Waals surface area contributed by atoms with Crippen molar-refractivity contribution in [2.75, 3.05) is 7.05 Å². The van der Waals surface area contributed by atoms with Crippen molar-refractivity contribution in [1.82, 2.24) is 4.90 Å². The molecule has 0 aromatic heterocycles. The monoisotopic (exact) mass is 291 g/mol. The molecule has 0 saturated heterocycles. The van der Waals surface area contributed by atoms with Gasteiger partial charge in [0.1, 0.15) is 5.82 Å². The van der Waals surface area contributed by atoms with Crippen LogP contribution in [-0.4, -0.2) is 28.9 Å². The van der Waals surface area contributed by atoms with E-state index < -0.39 is 17.8 Å². The number of carboxylic acids is 1. The molecule has 1 aliphatic rings. The van der Waals surface area contributed by atoms with Crippen LogP contribution in [0.25, 0.3) is 0 Å². The van der Waals surface area contributed by atoms with Gasteiger partial charge in [-0.15, -0.1) is 0 Å². The molecule has 112 valence electrons. The molecule has 1 N–H and O–H groups in total. The number of hydrogen-bond acceptors (Lipinski definition) is 2. The minimum absolute atomic E-state index is 0.184. The molecular weight excluding hydrogens is 273 g/mol. The van der Waals surface area contributed by atoms with Gasteiger partial charge in [-0.3, -0.25) is 9.59 Å². The van der Waals surface area contributed by atoms with E-state index in [4.69, 9.17) is 0 Å². The Kier molecular flexibility index (Phi) is 4.73. The van der Waals surface area contributed by atoms with Gasteiger partial charge in [-0.2, -0.15) is 0 Å². The molecule has 0 bridgehead atoms. The Balaban J connectivity index is 2.05. The second-order valence-electron chi connectivity index (χ2n) is 5.31. The fraction of sp³-hybridized carbons (Fsp3) is 0.375. The molecule has 0 heterocycles. The average Bonchev–Trinajstić information content (AvgIpc) is 2.48. The smallest absolute Gasteiger partial charge is 0.307 e. The van der Waals surface area contributed by atoms with E-state index in [1.54, 1.807) is 19.2 Å². The van der Waals surface area contributed by atoms with Gasteiger partial charge in [0.15, 0.2) is 0 Å². The summed E-state index contributed by atoms with van der Waals surface area (Å²) < 4.78 is 12.9. The number of carboxylic acid groups (broad SMARTS) is 1. The van der Waals surface area contributed by atoms with Gasteiger partial charge in [-0.25, -0.2) is 4.39 Å². The maximum Gasteiger partial charge on any atom is 0.307 e. The lowest BCUT2D eigenvalue weighted by Gasteiger charge is -2.28. The Labute approximate surface area is 122 Å². The number of carbonyl (C=O) groups excluding carboxylic acids is 1. The highest BCUT2D eigenvalue weighted by atomic mass is 19.1. The summed E-state index contributed by atoms with van der Waals surface area (Å²) in [5.74, 6) is -2.64. The van der Waals surface area contributed by atoms with Gasteiger partial charge in [-0.05, 0) is 30.5 Å². The molecule has 0 saturated carbocycles. The molecule has 0 aliphatic heterocycles. The summed E-state index contributed by atoms with van der Waals surface area (Å²) in [6, 6.07) is 5.93. The van der Waals surface area contributed by atoms with Crippen LogP contribution in [0.1, 0.15) is 18.4 Å². The second-order valence-corrected chi connectivity index (χ2v) is 5.31. The van der Waals surface area contributed by atoms with Crippen LogP contribution in [-0.2, 0) is 16.1 Å². The summed E-state index contributed by atoms with van der Waals surface area (Å²) >= 11 is 0. The molecule has 1 amide bonds. The number of rotatable bonds is 4. The highest BCUT2D eigenvalue weighted by molar-refractivity contribution is 5.85. The summed E-state index contributed by atoms with van der Waals surface area (Å²) in [7, 11) is 1.64. The molecule has 0 spiro atoms. The largest absolute Gasteiger partial charge is 0.481 e. The zero-order valence-corrected chi connectivity index (χ0v) is 11.8. The highest BCUT2D eigenvalue weighted by Gasteiger charge is 2.35. The first-order valence-corrected chi connectivity index (χ1v) is 6.86. The van der Waals surface area contributed by atoms with E-state index in [9.17, 15) is 19.1 Å². The quantitative estimate of drug-likeness (QED) is 0.867. The van der Waals surface area contributed by atoms with Crippen LogP contribution >= 0.6 is 0 Å². The minimum Gasteiger partial charge on any atom is -0.481 e. The molecule has 0 radical (unpaired) electrons. The molecular formula is C16H18FNO3. The molecule has 21 heavy (non-hydrogen) atoms. The van der Waals surface area contributed by atoms with Gasteiger partial charge in [0, 0.05) is 13.6 Å². The summed E-state index contributed by atoms with van der Waals surface area (Å²) in [5.41, 5.74) is 0.811. The van der Waals surface area contributed by atoms with Crippen molar-refractivity contribution in [2.45, 2.75) is 19.4 Å². The van der Waals surface area contributed by atoms with Gasteiger partial charge < -0.3 is 10.0 Å². The van der Waals surface area contributed by atoms with Gasteiger partial charge in [-0.1, -0.05) is 24.3 Å². The van der Waals surface area contributed by atoms with Crippen LogP contribution in [0.5, 0.6) is 0 Å². The third kappa shape index (κ3) is 3.68. The number of carbonyl (C=O) groups is 2. The fourth-order valence-corrected chi connectivity index (χ4v) is 2.58. The predicted octanol–water partition coefficient (Wildman–Crippen LogP) is 2.45. The van der Waals surface area contributed by atoms with E-state index in [1.807, 2.05) is 12.2 Å². The maximum atomic E-state index is 12.9. The number of amides is 1. The van der Waals surface area contributed by atoms with Crippen LogP contribution in [0, 0.1) is 17.7 Å². The molecule has 0 fully saturated rings. The first-order valence-electron chi connectivity index (χ1n) is 6.86. The topological polar surface area (TPSA) is 57.6 Å². The van der Waals surface area contributed by atoms with E-state index >= 15 is 0 Å². The SMILES string of the molecule is CN(Cc1ccc(F)cc1)C(=O)C1CC=CCC1C(=O)O. The van der Waals surface area contributed by atoms with Gasteiger partial charge in [0.05, 0.1) is 11.8 Å². The number of halogens is 1. The first kappa shape index (κ1) is 15.2. The maximum absolute atomic E-state index is 12.9. The van der Waals surface area contributed by atoms with Crippen molar-refractivity contribution < 1.29 is 19.1 Å². The molecule has 4 nitrogen and oxygen atoms in total. The molecule has 2 unspecified atom stereocenters. The number of aliphatic carboxylic acids is 1. The second kappa shape index (κ2) is 6.52. The van der Waals surface area contributed by atoms with Crippen LogP contribution in [0.15, 0.2) is 36.4 Å². The fourth-order valence-electron chi connectivity index (χ4n) is 2.58. The van der Waals surface area contributed by atoms with Gasteiger partial charge in [0.2, 0.25) is 5.91 Å². The average molecular weight is 291 g/mol. The number of nitrogens with zero attached hydrogens (tertiary/aromatic N) is 1. The standard InChI is InChI=1S/C16H18FNO3/c1-18(10-11-6-8-12(17)9-7-11)15(19)13-4-2-3-5-14(13)16(20)21/h2-3,6-9,13-14H,4-5,10H2,1H3,(H,20,21). The third-order valence-corrected chi connectivity index (χ3v) is 3.78. The Hall–Kier alpha value is -2.17. The molecule has 5 heteroatoms. The normalized spacial score (nSPS) is 21.0. The molecule has 1 aromatic carbocycles. The van der Waals surface area contributed by atoms with E-state index in [0.717, 1.165) is 5.56 Å². The Morgan fingerprint density at radius 1 is 1.19 bits per heavy atom. The first-order chi connectivity index (χ1) is 9.99. The minimum atomic E-state index is -0.937. The van der Waals surface area contributed by atoms with Crippen LogP contribution in [0.2, 0.25) is 0 Å². The van der Waals surface area contributed by atoms with Crippen molar-refractivity contribution in [2.24, 2.45) is 11.8 Å². The molecule has 1 aromatic rings. The third-order valence-electron chi connectivity index (χ3n) is 3.78. The molecule has 1 aliphatic carbocycles. The summed E-state index contributed by atoms with van der Waals surface area (Å²) in [6.45, 7) is 0.339. The van der Waals surface area contributed by atoms with Crippen LogP contribution in [0.3, 0.4) is 0 Å². The Morgan fingerprint density at radius 2 is 1.76 bits per heavy atom. The summed E-state index contributed by atoms with van der Waals surface area (Å²) in [5, 5.41) is 9.21. The predicted molar refractivity (Wildman–Crippen MR) is 75.9 cm³/mol. The van der Waals surface area contributed by atoms with Crippen LogP contribution in [0.4, 0.5) is 4.39 Å². The lowest BCUT2D eigenvalue weighted by atomic mass is 9.82. The van der Waals surface area contributed by atoms with E-state index in [1.165, 1.54) is 17.0 Å². The van der Waals surface area contributed by atoms with Crippen molar-refractivity contribution in [3.8, 4) is 0 Å². The molecule has 2 rings (SSSR count). The van der Waals surface area contributed by atoms with E-state index in [-0.39, 0.29) is 11.7 Å².